The van der Waals surface area contributed by atoms with E-state index in [2.05, 4.69) is 5.32 Å². The molecule has 100 valence electrons. The molecule has 4 nitrogen and oxygen atoms in total. The van der Waals surface area contributed by atoms with E-state index in [4.69, 9.17) is 0 Å². The summed E-state index contributed by atoms with van der Waals surface area (Å²) in [4.78, 5) is 11.4. The lowest BCUT2D eigenvalue weighted by Crippen LogP contribution is -2.36. The second-order valence-corrected chi connectivity index (χ2v) is 6.82. The van der Waals surface area contributed by atoms with Crippen molar-refractivity contribution >= 4 is 15.7 Å². The molecule has 0 radical (unpaired) electrons. The average Bonchev–Trinajstić information content (AvgIpc) is 2.31. The number of hydrogen-bond donors (Lipinski definition) is 1. The fourth-order valence-corrected chi connectivity index (χ4v) is 3.10. The van der Waals surface area contributed by atoms with Gasteiger partial charge in [0.05, 0.1) is 5.75 Å². The lowest BCUT2D eigenvalue weighted by molar-refractivity contribution is -0.119. The summed E-state index contributed by atoms with van der Waals surface area (Å²) in [6.45, 7) is 5.20. The van der Waals surface area contributed by atoms with E-state index < -0.39 is 21.0 Å². The summed E-state index contributed by atoms with van der Waals surface area (Å²) >= 11 is 0. The monoisotopic (exact) mass is 269 g/mol. The fourth-order valence-electron chi connectivity index (χ4n) is 1.66. The molecular formula is C13H19NO3S. The lowest BCUT2D eigenvalue weighted by atomic mass is 10.1. The number of sulfone groups is 1. The second-order valence-electron chi connectivity index (χ2n) is 4.49. The van der Waals surface area contributed by atoms with Crippen molar-refractivity contribution in [2.24, 2.45) is 0 Å². The Morgan fingerprint density at radius 2 is 1.94 bits per heavy atom. The summed E-state index contributed by atoms with van der Waals surface area (Å²) in [6, 6.07) is 5.68. The first-order valence-electron chi connectivity index (χ1n) is 5.77. The number of hydrogen-bond acceptors (Lipinski definition) is 3. The van der Waals surface area contributed by atoms with Crippen LogP contribution in [0.25, 0.3) is 0 Å². The van der Waals surface area contributed by atoms with Crippen LogP contribution in [0.3, 0.4) is 0 Å². The molecule has 1 rings (SSSR count). The number of amides is 1. The Morgan fingerprint density at radius 1 is 1.33 bits per heavy atom. The van der Waals surface area contributed by atoms with Gasteiger partial charge in [-0.3, -0.25) is 4.79 Å². The maximum atomic E-state index is 12.1. The average molecular weight is 269 g/mol. The van der Waals surface area contributed by atoms with Crippen molar-refractivity contribution in [1.29, 1.82) is 0 Å². The largest absolute Gasteiger partial charge is 0.358 e. The predicted molar refractivity (Wildman–Crippen MR) is 72.1 cm³/mol. The van der Waals surface area contributed by atoms with E-state index in [0.717, 1.165) is 16.7 Å². The van der Waals surface area contributed by atoms with Crippen LogP contribution in [-0.4, -0.2) is 26.6 Å². The van der Waals surface area contributed by atoms with Gasteiger partial charge in [0, 0.05) is 7.05 Å². The van der Waals surface area contributed by atoms with Crippen LogP contribution in [0.1, 0.15) is 23.6 Å². The summed E-state index contributed by atoms with van der Waals surface area (Å²) < 4.78 is 24.2. The third-order valence-corrected chi connectivity index (χ3v) is 5.02. The van der Waals surface area contributed by atoms with Gasteiger partial charge < -0.3 is 5.32 Å². The zero-order chi connectivity index (χ0) is 13.9. The van der Waals surface area contributed by atoms with Crippen molar-refractivity contribution in [2.75, 3.05) is 7.05 Å². The van der Waals surface area contributed by atoms with Crippen molar-refractivity contribution in [3.63, 3.8) is 0 Å². The van der Waals surface area contributed by atoms with Gasteiger partial charge >= 0.3 is 0 Å². The molecule has 1 atom stereocenters. The molecule has 0 saturated heterocycles. The van der Waals surface area contributed by atoms with Crippen molar-refractivity contribution in [3.05, 3.63) is 34.9 Å². The first-order chi connectivity index (χ1) is 8.27. The van der Waals surface area contributed by atoms with Crippen LogP contribution in [0.15, 0.2) is 18.2 Å². The number of rotatable bonds is 4. The summed E-state index contributed by atoms with van der Waals surface area (Å²) in [7, 11) is -2.04. The molecule has 0 bridgehead atoms. The number of carbonyl (C=O) groups is 1. The Kier molecular flexibility index (Phi) is 4.51. The molecule has 1 aromatic rings. The van der Waals surface area contributed by atoms with Crippen LogP contribution in [0.2, 0.25) is 0 Å². The number of benzene rings is 1. The molecule has 1 aromatic carbocycles. The molecule has 1 N–H and O–H groups in total. The summed E-state index contributed by atoms with van der Waals surface area (Å²) in [5.41, 5.74) is 2.69. The minimum absolute atomic E-state index is 0.102. The molecule has 0 saturated carbocycles. The van der Waals surface area contributed by atoms with Gasteiger partial charge in [-0.1, -0.05) is 23.8 Å². The molecular weight excluding hydrogens is 250 g/mol. The molecule has 18 heavy (non-hydrogen) atoms. The number of aryl methyl sites for hydroxylation is 2. The SMILES string of the molecule is CNC(=O)[C@@H](C)S(=O)(=O)Cc1cc(C)ccc1C. The Balaban J connectivity index is 3.02. The van der Waals surface area contributed by atoms with Crippen LogP contribution in [0.5, 0.6) is 0 Å². The van der Waals surface area contributed by atoms with Crippen LogP contribution >= 0.6 is 0 Å². The Morgan fingerprint density at radius 3 is 2.50 bits per heavy atom. The minimum Gasteiger partial charge on any atom is -0.358 e. The second kappa shape index (κ2) is 5.52. The third kappa shape index (κ3) is 3.32. The van der Waals surface area contributed by atoms with Crippen LogP contribution < -0.4 is 5.32 Å². The van der Waals surface area contributed by atoms with Crippen molar-refractivity contribution in [3.8, 4) is 0 Å². The lowest BCUT2D eigenvalue weighted by Gasteiger charge is -2.13. The van der Waals surface area contributed by atoms with Gasteiger partial charge in [-0.25, -0.2) is 8.42 Å². The smallest absolute Gasteiger partial charge is 0.237 e. The van der Waals surface area contributed by atoms with Gasteiger partial charge in [-0.2, -0.15) is 0 Å². The standard InChI is InChI=1S/C13H19NO3S/c1-9-5-6-10(2)12(7-9)8-18(16,17)11(3)13(15)14-4/h5-7,11H,8H2,1-4H3,(H,14,15)/t11-/m1/s1. The highest BCUT2D eigenvalue weighted by molar-refractivity contribution is 7.92. The van der Waals surface area contributed by atoms with E-state index in [1.807, 2.05) is 32.0 Å². The number of nitrogens with one attached hydrogen (secondary N) is 1. The highest BCUT2D eigenvalue weighted by Gasteiger charge is 2.27. The van der Waals surface area contributed by atoms with Gasteiger partial charge in [-0.05, 0) is 31.9 Å². The Hall–Kier alpha value is -1.36. The van der Waals surface area contributed by atoms with Gasteiger partial charge in [0.25, 0.3) is 0 Å². The van der Waals surface area contributed by atoms with E-state index in [0.29, 0.717) is 0 Å². The zero-order valence-corrected chi connectivity index (χ0v) is 12.0. The molecule has 1 amide bonds. The molecule has 0 heterocycles. The highest BCUT2D eigenvalue weighted by atomic mass is 32.2. The van der Waals surface area contributed by atoms with E-state index in [1.165, 1.54) is 14.0 Å². The molecule has 0 spiro atoms. The topological polar surface area (TPSA) is 63.2 Å². The molecule has 0 fully saturated rings. The molecule has 0 aliphatic rings. The number of carbonyl (C=O) groups excluding carboxylic acids is 1. The van der Waals surface area contributed by atoms with Crippen LogP contribution in [0, 0.1) is 13.8 Å². The molecule has 0 unspecified atom stereocenters. The maximum Gasteiger partial charge on any atom is 0.237 e. The van der Waals surface area contributed by atoms with Crippen LogP contribution in [0.4, 0.5) is 0 Å². The highest BCUT2D eigenvalue weighted by Crippen LogP contribution is 2.17. The zero-order valence-electron chi connectivity index (χ0n) is 11.1. The molecule has 5 heteroatoms. The Labute approximate surface area is 108 Å². The van der Waals surface area contributed by atoms with Gasteiger partial charge in [0.2, 0.25) is 5.91 Å². The molecule has 0 aromatic heterocycles. The van der Waals surface area contributed by atoms with Gasteiger partial charge in [0.15, 0.2) is 9.84 Å². The van der Waals surface area contributed by atoms with E-state index in [9.17, 15) is 13.2 Å². The third-order valence-electron chi connectivity index (χ3n) is 3.02. The molecule has 0 aliphatic carbocycles. The fraction of sp³-hybridized carbons (Fsp3) is 0.462. The quantitative estimate of drug-likeness (QED) is 0.897. The minimum atomic E-state index is -3.48. The van der Waals surface area contributed by atoms with Gasteiger partial charge in [0.1, 0.15) is 5.25 Å². The summed E-state index contributed by atoms with van der Waals surface area (Å²) in [5.74, 6) is -0.574. The van der Waals surface area contributed by atoms with Crippen molar-refractivity contribution in [1.82, 2.24) is 5.32 Å². The first kappa shape index (κ1) is 14.7. The van der Waals surface area contributed by atoms with Crippen molar-refractivity contribution < 1.29 is 13.2 Å². The normalized spacial score (nSPS) is 13.1. The van der Waals surface area contributed by atoms with Crippen molar-refractivity contribution in [2.45, 2.75) is 31.8 Å². The Bertz CT molecular complexity index is 549. The molecule has 0 aliphatic heterocycles. The summed E-state index contributed by atoms with van der Waals surface area (Å²) in [6.07, 6.45) is 0. The predicted octanol–water partition coefficient (Wildman–Crippen LogP) is 1.35. The van der Waals surface area contributed by atoms with Crippen LogP contribution in [-0.2, 0) is 20.4 Å². The van der Waals surface area contributed by atoms with Gasteiger partial charge in [-0.15, -0.1) is 0 Å². The van der Waals surface area contributed by atoms with E-state index in [1.54, 1.807) is 0 Å². The summed E-state index contributed by atoms with van der Waals surface area (Å²) in [5, 5.41) is 1.34. The first-order valence-corrected chi connectivity index (χ1v) is 7.48. The maximum absolute atomic E-state index is 12.1. The van der Waals surface area contributed by atoms with E-state index in [-0.39, 0.29) is 5.75 Å². The van der Waals surface area contributed by atoms with E-state index >= 15 is 0 Å².